The summed E-state index contributed by atoms with van der Waals surface area (Å²) in [5.74, 6) is 1.06. The van der Waals surface area contributed by atoms with Crippen LogP contribution in [0.1, 0.15) is 36.5 Å². The number of hydrogen-bond acceptors (Lipinski definition) is 2. The molecule has 0 saturated heterocycles. The summed E-state index contributed by atoms with van der Waals surface area (Å²) in [7, 11) is 0. The average Bonchev–Trinajstić information content (AvgIpc) is 2.57. The van der Waals surface area contributed by atoms with Crippen LogP contribution in [0.5, 0.6) is 0 Å². The summed E-state index contributed by atoms with van der Waals surface area (Å²) in [6.07, 6.45) is 6.54. The Bertz CT molecular complexity index is 257. The molecule has 0 unspecified atom stereocenters. The zero-order valence-electron chi connectivity index (χ0n) is 7.84. The van der Waals surface area contributed by atoms with E-state index in [0.717, 1.165) is 31.5 Å². The van der Waals surface area contributed by atoms with Crippen LogP contribution in [0.25, 0.3) is 0 Å². The first kappa shape index (κ1) is 8.75. The monoisotopic (exact) mass is 180 g/mol. The van der Waals surface area contributed by atoms with Gasteiger partial charge in [-0.05, 0) is 32.1 Å². The van der Waals surface area contributed by atoms with Crippen LogP contribution >= 0.6 is 0 Å². The van der Waals surface area contributed by atoms with Crippen LogP contribution < -0.4 is 0 Å². The summed E-state index contributed by atoms with van der Waals surface area (Å²) in [5, 5.41) is 8.69. The van der Waals surface area contributed by atoms with Gasteiger partial charge in [0.25, 0.3) is 0 Å². The second-order valence-corrected chi connectivity index (χ2v) is 3.64. The average molecular weight is 180 g/mol. The van der Waals surface area contributed by atoms with E-state index in [1.807, 2.05) is 0 Å². The molecule has 1 aliphatic carbocycles. The molecule has 3 heteroatoms. The summed E-state index contributed by atoms with van der Waals surface area (Å²) >= 11 is 0. The van der Waals surface area contributed by atoms with E-state index in [1.165, 1.54) is 24.2 Å². The number of hydrogen-bond donors (Lipinski definition) is 2. The fraction of sp³-hybridized carbons (Fsp3) is 0.700. The molecule has 1 aromatic rings. The Labute approximate surface area is 78.2 Å². The number of imidazole rings is 1. The number of nitrogens with one attached hydrogen (secondary N) is 1. The van der Waals surface area contributed by atoms with E-state index in [0.29, 0.717) is 0 Å². The lowest BCUT2D eigenvalue weighted by atomic mass is 10.0. The molecule has 2 rings (SSSR count). The molecule has 0 bridgehead atoms. The molecule has 0 amide bonds. The second-order valence-electron chi connectivity index (χ2n) is 3.64. The SMILES string of the molecule is OCCCc1nc2c([nH]1)CCCC2. The van der Waals surface area contributed by atoms with Gasteiger partial charge in [0.1, 0.15) is 5.82 Å². The second kappa shape index (κ2) is 3.92. The van der Waals surface area contributed by atoms with Crippen molar-refractivity contribution in [3.63, 3.8) is 0 Å². The van der Waals surface area contributed by atoms with Crippen LogP contribution in [-0.4, -0.2) is 21.7 Å². The quantitative estimate of drug-likeness (QED) is 0.734. The van der Waals surface area contributed by atoms with Crippen LogP contribution in [-0.2, 0) is 19.3 Å². The maximum absolute atomic E-state index is 8.69. The lowest BCUT2D eigenvalue weighted by Crippen LogP contribution is -2.00. The van der Waals surface area contributed by atoms with Crippen molar-refractivity contribution in [2.45, 2.75) is 38.5 Å². The number of nitrogens with zero attached hydrogens (tertiary/aromatic N) is 1. The van der Waals surface area contributed by atoms with Crippen molar-refractivity contribution in [1.29, 1.82) is 0 Å². The van der Waals surface area contributed by atoms with Gasteiger partial charge in [-0.25, -0.2) is 4.98 Å². The minimum absolute atomic E-state index is 0.255. The number of aliphatic hydroxyl groups is 1. The van der Waals surface area contributed by atoms with E-state index in [9.17, 15) is 0 Å². The number of aliphatic hydroxyl groups excluding tert-OH is 1. The highest BCUT2D eigenvalue weighted by Gasteiger charge is 2.13. The van der Waals surface area contributed by atoms with Crippen LogP contribution in [0.15, 0.2) is 0 Å². The number of H-pyrrole nitrogens is 1. The van der Waals surface area contributed by atoms with Gasteiger partial charge in [0.15, 0.2) is 0 Å². The maximum Gasteiger partial charge on any atom is 0.106 e. The Morgan fingerprint density at radius 1 is 1.31 bits per heavy atom. The normalized spacial score (nSPS) is 15.8. The van der Waals surface area contributed by atoms with Crippen molar-refractivity contribution < 1.29 is 5.11 Å². The summed E-state index contributed by atoms with van der Waals surface area (Å²) in [4.78, 5) is 7.87. The summed E-state index contributed by atoms with van der Waals surface area (Å²) in [5.41, 5.74) is 2.60. The topological polar surface area (TPSA) is 48.9 Å². The van der Waals surface area contributed by atoms with E-state index in [-0.39, 0.29) is 6.61 Å². The third-order valence-corrected chi connectivity index (χ3v) is 2.58. The summed E-state index contributed by atoms with van der Waals surface area (Å²) in [6.45, 7) is 0.255. The van der Waals surface area contributed by atoms with E-state index >= 15 is 0 Å². The molecular weight excluding hydrogens is 164 g/mol. The molecule has 0 atom stereocenters. The zero-order valence-corrected chi connectivity index (χ0v) is 7.84. The molecule has 72 valence electrons. The molecule has 0 radical (unpaired) electrons. The van der Waals surface area contributed by atoms with E-state index < -0.39 is 0 Å². The molecule has 0 aromatic carbocycles. The summed E-state index contributed by atoms with van der Waals surface area (Å²) in [6, 6.07) is 0. The fourth-order valence-corrected chi connectivity index (χ4v) is 1.88. The van der Waals surface area contributed by atoms with Gasteiger partial charge in [-0.3, -0.25) is 0 Å². The van der Waals surface area contributed by atoms with Gasteiger partial charge < -0.3 is 10.1 Å². The highest BCUT2D eigenvalue weighted by Crippen LogP contribution is 2.18. The number of aryl methyl sites for hydroxylation is 3. The Morgan fingerprint density at radius 3 is 2.92 bits per heavy atom. The molecule has 0 saturated carbocycles. The van der Waals surface area contributed by atoms with Crippen LogP contribution in [0, 0.1) is 0 Å². The third kappa shape index (κ3) is 1.91. The van der Waals surface area contributed by atoms with Gasteiger partial charge in [0.05, 0.1) is 5.69 Å². The van der Waals surface area contributed by atoms with Crippen molar-refractivity contribution >= 4 is 0 Å². The first-order chi connectivity index (χ1) is 6.40. The Kier molecular flexibility index (Phi) is 2.64. The third-order valence-electron chi connectivity index (χ3n) is 2.58. The molecule has 1 heterocycles. The molecule has 1 aliphatic rings. The smallest absolute Gasteiger partial charge is 0.106 e. The molecular formula is C10H16N2O. The van der Waals surface area contributed by atoms with Crippen LogP contribution in [0.4, 0.5) is 0 Å². The lowest BCUT2D eigenvalue weighted by molar-refractivity contribution is 0.287. The lowest BCUT2D eigenvalue weighted by Gasteiger charge is -2.07. The Morgan fingerprint density at radius 2 is 2.15 bits per heavy atom. The van der Waals surface area contributed by atoms with Gasteiger partial charge in [0, 0.05) is 18.7 Å². The van der Waals surface area contributed by atoms with Gasteiger partial charge in [-0.15, -0.1) is 0 Å². The van der Waals surface area contributed by atoms with Crippen LogP contribution in [0.3, 0.4) is 0 Å². The van der Waals surface area contributed by atoms with Crippen molar-refractivity contribution in [2.75, 3.05) is 6.61 Å². The highest BCUT2D eigenvalue weighted by atomic mass is 16.2. The number of aromatic nitrogens is 2. The van der Waals surface area contributed by atoms with E-state index in [2.05, 4.69) is 9.97 Å². The molecule has 0 fully saturated rings. The highest BCUT2D eigenvalue weighted by molar-refractivity contribution is 5.17. The fourth-order valence-electron chi connectivity index (χ4n) is 1.88. The Balaban J connectivity index is 2.07. The van der Waals surface area contributed by atoms with E-state index in [1.54, 1.807) is 0 Å². The number of rotatable bonds is 3. The predicted octanol–water partition coefficient (Wildman–Crippen LogP) is 1.21. The zero-order chi connectivity index (χ0) is 9.10. The van der Waals surface area contributed by atoms with Crippen molar-refractivity contribution in [1.82, 2.24) is 9.97 Å². The van der Waals surface area contributed by atoms with Gasteiger partial charge in [0.2, 0.25) is 0 Å². The van der Waals surface area contributed by atoms with Gasteiger partial charge >= 0.3 is 0 Å². The first-order valence-corrected chi connectivity index (χ1v) is 5.07. The van der Waals surface area contributed by atoms with Crippen LogP contribution in [0.2, 0.25) is 0 Å². The molecule has 2 N–H and O–H groups in total. The van der Waals surface area contributed by atoms with E-state index in [4.69, 9.17) is 5.11 Å². The maximum atomic E-state index is 8.69. The molecule has 1 aromatic heterocycles. The van der Waals surface area contributed by atoms with Crippen molar-refractivity contribution in [3.05, 3.63) is 17.2 Å². The van der Waals surface area contributed by atoms with Crippen molar-refractivity contribution in [3.8, 4) is 0 Å². The number of fused-ring (bicyclic) bond motifs is 1. The molecule has 0 spiro atoms. The summed E-state index contributed by atoms with van der Waals surface area (Å²) < 4.78 is 0. The molecule has 0 aliphatic heterocycles. The Hall–Kier alpha value is -0.830. The number of aromatic amines is 1. The van der Waals surface area contributed by atoms with Gasteiger partial charge in [-0.2, -0.15) is 0 Å². The molecule has 3 nitrogen and oxygen atoms in total. The van der Waals surface area contributed by atoms with Crippen molar-refractivity contribution in [2.24, 2.45) is 0 Å². The minimum atomic E-state index is 0.255. The first-order valence-electron chi connectivity index (χ1n) is 5.07. The predicted molar refractivity (Wildman–Crippen MR) is 50.6 cm³/mol. The minimum Gasteiger partial charge on any atom is -0.396 e. The van der Waals surface area contributed by atoms with Gasteiger partial charge in [-0.1, -0.05) is 0 Å². The largest absolute Gasteiger partial charge is 0.396 e. The molecule has 13 heavy (non-hydrogen) atoms. The standard InChI is InChI=1S/C10H16N2O/c13-7-3-6-10-11-8-4-1-2-5-9(8)12-10/h13H,1-7H2,(H,11,12).